The van der Waals surface area contributed by atoms with Crippen LogP contribution in [0, 0.1) is 5.82 Å². The highest BCUT2D eigenvalue weighted by Crippen LogP contribution is 2.21. The minimum atomic E-state index is -0.915. The first-order valence-corrected chi connectivity index (χ1v) is 5.08. The second kappa shape index (κ2) is 4.74. The Morgan fingerprint density at radius 1 is 1.24 bits per heavy atom. The molecule has 0 amide bonds. The maximum absolute atomic E-state index is 12.8. The zero-order valence-electron chi connectivity index (χ0n) is 8.93. The summed E-state index contributed by atoms with van der Waals surface area (Å²) in [6.45, 7) is 0. The fourth-order valence-corrected chi connectivity index (χ4v) is 1.61. The van der Waals surface area contributed by atoms with E-state index in [4.69, 9.17) is 5.11 Å². The van der Waals surface area contributed by atoms with E-state index >= 15 is 0 Å². The van der Waals surface area contributed by atoms with Crippen molar-refractivity contribution >= 4 is 5.97 Å². The van der Waals surface area contributed by atoms with Crippen molar-refractivity contribution in [2.45, 2.75) is 6.42 Å². The number of halogens is 1. The van der Waals surface area contributed by atoms with Gasteiger partial charge in [-0.15, -0.1) is 0 Å². The molecule has 0 saturated carbocycles. The molecule has 0 bridgehead atoms. The second-order valence-corrected chi connectivity index (χ2v) is 3.59. The van der Waals surface area contributed by atoms with Gasteiger partial charge in [0.25, 0.3) is 0 Å². The van der Waals surface area contributed by atoms with Crippen LogP contribution >= 0.6 is 0 Å². The van der Waals surface area contributed by atoms with Gasteiger partial charge >= 0.3 is 5.97 Å². The number of nitrogens with zero attached hydrogens (tertiary/aromatic N) is 1. The molecule has 1 aromatic carbocycles. The number of carbonyl (C=O) groups is 1. The number of aromatic nitrogens is 1. The Kier molecular flexibility index (Phi) is 3.14. The van der Waals surface area contributed by atoms with E-state index < -0.39 is 5.97 Å². The van der Waals surface area contributed by atoms with Crippen LogP contribution in [0.4, 0.5) is 4.39 Å². The summed E-state index contributed by atoms with van der Waals surface area (Å²) in [4.78, 5) is 14.9. The zero-order valence-corrected chi connectivity index (χ0v) is 8.93. The van der Waals surface area contributed by atoms with Crippen molar-refractivity contribution in [1.82, 2.24) is 4.98 Å². The predicted molar refractivity (Wildman–Crippen MR) is 61.0 cm³/mol. The van der Waals surface area contributed by atoms with E-state index in [1.807, 2.05) is 0 Å². The third kappa shape index (κ3) is 2.66. The maximum atomic E-state index is 12.8. The van der Waals surface area contributed by atoms with Gasteiger partial charge in [-0.05, 0) is 35.9 Å². The molecule has 2 aromatic rings. The fraction of sp³-hybridized carbons (Fsp3) is 0.0769. The normalized spacial score (nSPS) is 10.2. The van der Waals surface area contributed by atoms with Gasteiger partial charge in [-0.1, -0.05) is 6.07 Å². The standard InChI is InChI=1S/C13H10FNO2/c14-11-5-3-9(4-6-11)13-10(8-12(16)17)2-1-7-15-13/h1-7H,8H2,(H,16,17). The topological polar surface area (TPSA) is 50.2 Å². The summed E-state index contributed by atoms with van der Waals surface area (Å²) < 4.78 is 12.8. The van der Waals surface area contributed by atoms with Gasteiger partial charge in [0.1, 0.15) is 5.82 Å². The van der Waals surface area contributed by atoms with Crippen LogP contribution in [0.2, 0.25) is 0 Å². The van der Waals surface area contributed by atoms with Crippen molar-refractivity contribution in [2.75, 3.05) is 0 Å². The molecule has 0 spiro atoms. The predicted octanol–water partition coefficient (Wildman–Crippen LogP) is 2.51. The average Bonchev–Trinajstić information content (AvgIpc) is 2.30. The molecule has 0 unspecified atom stereocenters. The molecule has 0 atom stereocenters. The molecular weight excluding hydrogens is 221 g/mol. The molecule has 0 fully saturated rings. The SMILES string of the molecule is O=C(O)Cc1cccnc1-c1ccc(F)cc1. The number of hydrogen-bond donors (Lipinski definition) is 1. The van der Waals surface area contributed by atoms with E-state index in [2.05, 4.69) is 4.98 Å². The molecule has 0 saturated heterocycles. The number of hydrogen-bond acceptors (Lipinski definition) is 2. The summed E-state index contributed by atoms with van der Waals surface area (Å²) in [5.74, 6) is -1.24. The van der Waals surface area contributed by atoms with E-state index in [0.717, 1.165) is 0 Å². The Bertz CT molecular complexity index is 537. The molecule has 0 radical (unpaired) electrons. The zero-order chi connectivity index (χ0) is 12.3. The van der Waals surface area contributed by atoms with Crippen molar-refractivity contribution in [1.29, 1.82) is 0 Å². The minimum absolute atomic E-state index is 0.0967. The Morgan fingerprint density at radius 2 is 1.94 bits per heavy atom. The molecule has 0 aliphatic carbocycles. The summed E-state index contributed by atoms with van der Waals surface area (Å²) in [5.41, 5.74) is 1.91. The number of carboxylic acid groups (broad SMARTS) is 1. The number of aliphatic carboxylic acids is 1. The molecule has 0 aliphatic heterocycles. The summed E-state index contributed by atoms with van der Waals surface area (Å²) >= 11 is 0. The van der Waals surface area contributed by atoms with E-state index in [-0.39, 0.29) is 12.2 Å². The van der Waals surface area contributed by atoms with Gasteiger partial charge in [0.05, 0.1) is 12.1 Å². The van der Waals surface area contributed by atoms with Crippen LogP contribution in [0.5, 0.6) is 0 Å². The van der Waals surface area contributed by atoms with Crippen molar-refractivity contribution in [2.24, 2.45) is 0 Å². The Labute approximate surface area is 97.6 Å². The molecule has 2 rings (SSSR count). The van der Waals surface area contributed by atoms with Crippen molar-refractivity contribution in [3.8, 4) is 11.3 Å². The first kappa shape index (κ1) is 11.3. The largest absolute Gasteiger partial charge is 0.481 e. The molecule has 1 heterocycles. The highest BCUT2D eigenvalue weighted by Gasteiger charge is 2.09. The van der Waals surface area contributed by atoms with Crippen molar-refractivity contribution in [3.63, 3.8) is 0 Å². The van der Waals surface area contributed by atoms with Crippen LogP contribution < -0.4 is 0 Å². The minimum Gasteiger partial charge on any atom is -0.481 e. The highest BCUT2D eigenvalue weighted by molar-refractivity contribution is 5.74. The lowest BCUT2D eigenvalue weighted by Gasteiger charge is -2.06. The van der Waals surface area contributed by atoms with E-state index in [0.29, 0.717) is 16.8 Å². The molecule has 0 aliphatic rings. The third-order valence-corrected chi connectivity index (χ3v) is 2.35. The molecule has 1 aromatic heterocycles. The Balaban J connectivity index is 2.44. The number of benzene rings is 1. The van der Waals surface area contributed by atoms with Gasteiger partial charge in [0, 0.05) is 11.8 Å². The first-order chi connectivity index (χ1) is 8.16. The molecule has 86 valence electrons. The maximum Gasteiger partial charge on any atom is 0.307 e. The second-order valence-electron chi connectivity index (χ2n) is 3.59. The summed E-state index contributed by atoms with van der Waals surface area (Å²) in [5, 5.41) is 8.79. The Hall–Kier alpha value is -2.23. The van der Waals surface area contributed by atoms with E-state index in [9.17, 15) is 9.18 Å². The fourth-order valence-electron chi connectivity index (χ4n) is 1.61. The number of carboxylic acids is 1. The third-order valence-electron chi connectivity index (χ3n) is 2.35. The summed E-state index contributed by atoms with van der Waals surface area (Å²) in [6, 6.07) is 9.22. The summed E-state index contributed by atoms with van der Waals surface area (Å²) in [6.07, 6.45) is 1.49. The van der Waals surface area contributed by atoms with E-state index in [1.54, 1.807) is 30.5 Å². The van der Waals surface area contributed by atoms with Crippen LogP contribution in [0.1, 0.15) is 5.56 Å². The van der Waals surface area contributed by atoms with E-state index in [1.165, 1.54) is 12.1 Å². The van der Waals surface area contributed by atoms with Crippen LogP contribution in [0.15, 0.2) is 42.6 Å². The number of rotatable bonds is 3. The lowest BCUT2D eigenvalue weighted by molar-refractivity contribution is -0.136. The van der Waals surface area contributed by atoms with Gasteiger partial charge in [-0.3, -0.25) is 9.78 Å². The monoisotopic (exact) mass is 231 g/mol. The molecule has 3 nitrogen and oxygen atoms in total. The summed E-state index contributed by atoms with van der Waals surface area (Å²) in [7, 11) is 0. The first-order valence-electron chi connectivity index (χ1n) is 5.08. The average molecular weight is 231 g/mol. The molecular formula is C13H10FNO2. The van der Waals surface area contributed by atoms with Gasteiger partial charge < -0.3 is 5.11 Å². The number of pyridine rings is 1. The van der Waals surface area contributed by atoms with Crippen LogP contribution in [0.25, 0.3) is 11.3 Å². The molecule has 17 heavy (non-hydrogen) atoms. The smallest absolute Gasteiger partial charge is 0.307 e. The van der Waals surface area contributed by atoms with Gasteiger partial charge in [0.2, 0.25) is 0 Å². The Morgan fingerprint density at radius 3 is 2.59 bits per heavy atom. The van der Waals surface area contributed by atoms with Crippen LogP contribution in [-0.4, -0.2) is 16.1 Å². The lowest BCUT2D eigenvalue weighted by atomic mass is 10.0. The van der Waals surface area contributed by atoms with Crippen molar-refractivity contribution in [3.05, 3.63) is 54.0 Å². The quantitative estimate of drug-likeness (QED) is 0.883. The molecule has 4 heteroatoms. The van der Waals surface area contributed by atoms with Gasteiger partial charge in [-0.25, -0.2) is 4.39 Å². The lowest BCUT2D eigenvalue weighted by Crippen LogP contribution is -2.02. The molecule has 1 N–H and O–H groups in total. The van der Waals surface area contributed by atoms with Gasteiger partial charge in [0.15, 0.2) is 0 Å². The highest BCUT2D eigenvalue weighted by atomic mass is 19.1. The van der Waals surface area contributed by atoms with Crippen molar-refractivity contribution < 1.29 is 14.3 Å². The van der Waals surface area contributed by atoms with Crippen LogP contribution in [0.3, 0.4) is 0 Å². The van der Waals surface area contributed by atoms with Gasteiger partial charge in [-0.2, -0.15) is 0 Å². The van der Waals surface area contributed by atoms with Crippen LogP contribution in [-0.2, 0) is 11.2 Å².